The molecule has 28 heavy (non-hydrogen) atoms. The Labute approximate surface area is 158 Å². The lowest BCUT2D eigenvalue weighted by atomic mass is 10.2. The first-order chi connectivity index (χ1) is 13.4. The number of fused-ring (bicyclic) bond motifs is 1. The number of aryl methyl sites for hydroxylation is 1. The number of aromatic nitrogens is 3. The van der Waals surface area contributed by atoms with Crippen LogP contribution in [-0.2, 0) is 9.53 Å². The van der Waals surface area contributed by atoms with Crippen LogP contribution in [-0.4, -0.2) is 45.1 Å². The lowest BCUT2D eigenvalue weighted by Crippen LogP contribution is -2.21. The van der Waals surface area contributed by atoms with Crippen molar-refractivity contribution in [3.05, 3.63) is 58.0 Å². The highest BCUT2D eigenvalue weighted by Crippen LogP contribution is 2.28. The van der Waals surface area contributed by atoms with Gasteiger partial charge in [-0.05, 0) is 19.1 Å². The number of hydrogen-bond donors (Lipinski definition) is 1. The van der Waals surface area contributed by atoms with E-state index in [1.165, 1.54) is 36.0 Å². The number of carbonyl (C=O) groups excluding carboxylic acids is 2. The number of amides is 1. The van der Waals surface area contributed by atoms with Crippen LogP contribution in [0.2, 0.25) is 0 Å². The standard InChI is InChI=1S/C17H15N5O6/c1-10-15(16-18-6-3-7-21(16)20-10)17(24)28-9-14(23)19-12-5-4-11(22(25)26)8-13(12)27-2/h3-8H,9H2,1-2H3,(H,19,23). The molecule has 0 saturated heterocycles. The van der Waals surface area contributed by atoms with Crippen LogP contribution in [0.4, 0.5) is 11.4 Å². The number of nitro groups is 1. The smallest absolute Gasteiger partial charge is 0.344 e. The third-order valence-electron chi connectivity index (χ3n) is 3.78. The summed E-state index contributed by atoms with van der Waals surface area (Å²) in [5.41, 5.74) is 0.935. The Hall–Kier alpha value is -4.02. The SMILES string of the molecule is COc1cc([N+](=O)[O-])ccc1NC(=O)COC(=O)c1c(C)nn2cccnc12. The fraction of sp³-hybridized carbons (Fsp3) is 0.176. The molecule has 1 amide bonds. The third kappa shape index (κ3) is 3.72. The molecule has 1 aromatic carbocycles. The number of rotatable bonds is 6. The highest BCUT2D eigenvalue weighted by molar-refractivity contribution is 5.99. The molecule has 0 atom stereocenters. The lowest BCUT2D eigenvalue weighted by molar-refractivity contribution is -0.384. The summed E-state index contributed by atoms with van der Waals surface area (Å²) < 4.78 is 11.5. The van der Waals surface area contributed by atoms with E-state index in [1.54, 1.807) is 19.2 Å². The minimum Gasteiger partial charge on any atom is -0.494 e. The molecule has 0 bridgehead atoms. The summed E-state index contributed by atoms with van der Waals surface area (Å²) in [7, 11) is 1.32. The molecule has 11 nitrogen and oxygen atoms in total. The second-order valence-corrected chi connectivity index (χ2v) is 5.61. The van der Waals surface area contributed by atoms with E-state index < -0.39 is 23.4 Å². The number of nitrogens with zero attached hydrogens (tertiary/aromatic N) is 4. The van der Waals surface area contributed by atoms with E-state index in [0.717, 1.165) is 0 Å². The fourth-order valence-corrected chi connectivity index (χ4v) is 2.52. The molecule has 2 heterocycles. The van der Waals surface area contributed by atoms with E-state index in [9.17, 15) is 19.7 Å². The number of carbonyl (C=O) groups is 2. The predicted octanol–water partition coefficient (Wildman–Crippen LogP) is 1.75. The van der Waals surface area contributed by atoms with E-state index in [-0.39, 0.29) is 22.7 Å². The van der Waals surface area contributed by atoms with Gasteiger partial charge in [-0.2, -0.15) is 5.10 Å². The average molecular weight is 385 g/mol. The van der Waals surface area contributed by atoms with Crippen molar-refractivity contribution < 1.29 is 24.0 Å². The van der Waals surface area contributed by atoms with Gasteiger partial charge >= 0.3 is 5.97 Å². The van der Waals surface area contributed by atoms with Crippen molar-refractivity contribution in [1.82, 2.24) is 14.6 Å². The van der Waals surface area contributed by atoms with Crippen LogP contribution < -0.4 is 10.1 Å². The number of ether oxygens (including phenoxy) is 2. The van der Waals surface area contributed by atoms with Gasteiger partial charge in [0, 0.05) is 18.5 Å². The molecule has 0 saturated carbocycles. The zero-order chi connectivity index (χ0) is 20.3. The summed E-state index contributed by atoms with van der Waals surface area (Å²) in [5, 5.41) is 17.4. The number of methoxy groups -OCH3 is 1. The molecule has 2 aromatic heterocycles. The summed E-state index contributed by atoms with van der Waals surface area (Å²) in [5.74, 6) is -1.27. The van der Waals surface area contributed by atoms with Gasteiger partial charge in [0.15, 0.2) is 12.3 Å². The summed E-state index contributed by atoms with van der Waals surface area (Å²) >= 11 is 0. The molecular weight excluding hydrogens is 370 g/mol. The van der Waals surface area contributed by atoms with Crippen molar-refractivity contribution in [3.8, 4) is 5.75 Å². The number of benzene rings is 1. The van der Waals surface area contributed by atoms with Gasteiger partial charge in [-0.3, -0.25) is 14.9 Å². The molecule has 11 heteroatoms. The molecule has 3 rings (SSSR count). The molecular formula is C17H15N5O6. The summed E-state index contributed by atoms with van der Waals surface area (Å²) in [6.07, 6.45) is 3.15. The fourth-order valence-electron chi connectivity index (χ4n) is 2.52. The quantitative estimate of drug-likeness (QED) is 0.385. The molecule has 1 N–H and O–H groups in total. The Balaban J connectivity index is 1.68. The number of nitro benzene ring substituents is 1. The largest absolute Gasteiger partial charge is 0.494 e. The highest BCUT2D eigenvalue weighted by Gasteiger charge is 2.21. The van der Waals surface area contributed by atoms with Crippen molar-refractivity contribution in [2.75, 3.05) is 19.0 Å². The maximum atomic E-state index is 12.3. The van der Waals surface area contributed by atoms with Gasteiger partial charge in [0.1, 0.15) is 11.3 Å². The van der Waals surface area contributed by atoms with Crippen molar-refractivity contribution in [1.29, 1.82) is 0 Å². The Morgan fingerprint density at radius 1 is 1.36 bits per heavy atom. The van der Waals surface area contributed by atoms with Crippen molar-refractivity contribution >= 4 is 28.9 Å². The predicted molar refractivity (Wildman–Crippen MR) is 96.3 cm³/mol. The number of anilines is 1. The Morgan fingerprint density at radius 2 is 2.14 bits per heavy atom. The molecule has 0 spiro atoms. The Bertz CT molecular complexity index is 1080. The van der Waals surface area contributed by atoms with Crippen molar-refractivity contribution in [2.45, 2.75) is 6.92 Å². The van der Waals surface area contributed by atoms with Gasteiger partial charge in [0.25, 0.3) is 11.6 Å². The first-order valence-corrected chi connectivity index (χ1v) is 8.00. The van der Waals surface area contributed by atoms with E-state index in [2.05, 4.69) is 15.4 Å². The molecule has 0 fully saturated rings. The summed E-state index contributed by atoms with van der Waals surface area (Å²) in [4.78, 5) is 38.8. The zero-order valence-electron chi connectivity index (χ0n) is 14.9. The van der Waals surface area contributed by atoms with Gasteiger partial charge in [-0.1, -0.05) is 0 Å². The molecule has 0 radical (unpaired) electrons. The first kappa shape index (κ1) is 18.8. The molecule has 0 aliphatic carbocycles. The molecule has 144 valence electrons. The van der Waals surface area contributed by atoms with E-state index in [1.807, 2.05) is 0 Å². The van der Waals surface area contributed by atoms with Crippen LogP contribution in [0, 0.1) is 17.0 Å². The third-order valence-corrected chi connectivity index (χ3v) is 3.78. The lowest BCUT2D eigenvalue weighted by Gasteiger charge is -2.10. The van der Waals surface area contributed by atoms with Crippen LogP contribution in [0.15, 0.2) is 36.7 Å². The average Bonchev–Trinajstić information content (AvgIpc) is 3.02. The van der Waals surface area contributed by atoms with Gasteiger partial charge in [0.05, 0.1) is 29.5 Å². The first-order valence-electron chi connectivity index (χ1n) is 8.00. The van der Waals surface area contributed by atoms with Crippen LogP contribution in [0.25, 0.3) is 5.65 Å². The van der Waals surface area contributed by atoms with Crippen LogP contribution in [0.1, 0.15) is 16.1 Å². The normalized spacial score (nSPS) is 10.5. The van der Waals surface area contributed by atoms with Crippen LogP contribution in [0.5, 0.6) is 5.75 Å². The number of esters is 1. The Morgan fingerprint density at radius 3 is 2.86 bits per heavy atom. The second kappa shape index (κ2) is 7.70. The van der Waals surface area contributed by atoms with Gasteiger partial charge < -0.3 is 14.8 Å². The topological polar surface area (TPSA) is 138 Å². The monoisotopic (exact) mass is 385 g/mol. The number of nitrogens with one attached hydrogen (secondary N) is 1. The van der Waals surface area contributed by atoms with E-state index in [4.69, 9.17) is 9.47 Å². The maximum Gasteiger partial charge on any atom is 0.344 e. The van der Waals surface area contributed by atoms with Gasteiger partial charge in [-0.15, -0.1) is 0 Å². The van der Waals surface area contributed by atoms with E-state index in [0.29, 0.717) is 11.3 Å². The van der Waals surface area contributed by atoms with Crippen LogP contribution in [0.3, 0.4) is 0 Å². The molecule has 0 unspecified atom stereocenters. The van der Waals surface area contributed by atoms with Crippen molar-refractivity contribution in [3.63, 3.8) is 0 Å². The summed E-state index contributed by atoms with van der Waals surface area (Å²) in [6, 6.07) is 5.39. The number of hydrogen-bond acceptors (Lipinski definition) is 8. The minimum atomic E-state index is -0.739. The highest BCUT2D eigenvalue weighted by atomic mass is 16.6. The molecule has 0 aliphatic rings. The summed E-state index contributed by atoms with van der Waals surface area (Å²) in [6.45, 7) is 1.07. The minimum absolute atomic E-state index is 0.108. The Kier molecular flexibility index (Phi) is 5.16. The van der Waals surface area contributed by atoms with Gasteiger partial charge in [-0.25, -0.2) is 14.3 Å². The van der Waals surface area contributed by atoms with Crippen LogP contribution >= 0.6 is 0 Å². The van der Waals surface area contributed by atoms with Crippen molar-refractivity contribution in [2.24, 2.45) is 0 Å². The van der Waals surface area contributed by atoms with E-state index >= 15 is 0 Å². The maximum absolute atomic E-state index is 12.3. The zero-order valence-corrected chi connectivity index (χ0v) is 14.9. The molecule has 0 aliphatic heterocycles. The van der Waals surface area contributed by atoms with Gasteiger partial charge in [0.2, 0.25) is 0 Å². The second-order valence-electron chi connectivity index (χ2n) is 5.61. The number of non-ortho nitro benzene ring substituents is 1. The molecule has 3 aromatic rings.